The number of nitrogens with zero attached hydrogens (tertiary/aromatic N) is 16. The maximum atomic E-state index is 11.7. The molecule has 13 aliphatic rings. The number of carbonyl (C=O) groups excluding carboxylic acids is 2. The van der Waals surface area contributed by atoms with Gasteiger partial charge in [-0.05, 0) is 357 Å². The van der Waals surface area contributed by atoms with E-state index >= 15 is 0 Å². The fourth-order valence-electron chi connectivity index (χ4n) is 19.4. The van der Waals surface area contributed by atoms with E-state index in [0.29, 0.717) is 62.6 Å². The zero-order chi connectivity index (χ0) is 104. The summed E-state index contributed by atoms with van der Waals surface area (Å²) < 4.78 is 29.1. The van der Waals surface area contributed by atoms with Crippen molar-refractivity contribution < 1.29 is 33.3 Å². The number of fused-ring (bicyclic) bond motifs is 4. The molecule has 792 valence electrons. The van der Waals surface area contributed by atoms with Crippen LogP contribution in [0, 0.1) is 29.1 Å². The van der Waals surface area contributed by atoms with Crippen LogP contribution in [0.1, 0.15) is 302 Å². The van der Waals surface area contributed by atoms with Gasteiger partial charge in [-0.2, -0.15) is 5.10 Å². The Morgan fingerprint density at radius 3 is 1.14 bits per heavy atom. The van der Waals surface area contributed by atoms with Crippen LogP contribution in [0.3, 0.4) is 0 Å². The molecular weight excluding hydrogens is 1730 g/mol. The highest BCUT2D eigenvalue weighted by Crippen LogP contribution is 2.48. The molecule has 13 fully saturated rings. The standard InChI is InChI=1S/C14H26N2O2.C13H26N2O2.C12H14N2O.C12H24N2.C11H15N3O.C11H22N2O.C11H22N2.C9H18N2.C9H20N2.C8H18N2/c1-13(2,3)16-7-9-10(8-16)11(9)15-12(17)18-14(4,5)6;1-11(2,3)15-8-13(7,9-15)14-10(16)17-12(4,5)6;1-12(2,3)15-9-4-5-10-11(8-9)14-7-6-13-10;1-12(2,3)14-9-11(10-14)13-7-5-4-6-8-13;1-11(2,3)15-9-5-8-6-13-14(4)10(8)12-7-9;1-11(2,3)13-8-10(9-13)12-4-6-14-7-5-12;1-11(2,3)13-8-10(9-13)12-6-4-5-7-12;1-9(2,3)11-4-6-7(5-11)8(6)10;1-8(2,3)11-6-9(4,5-10)7-11;1-7(2,3)10-5-8(4,9)6-10/h9-11H,7-8H2,1-6H3,(H,15,17);8-9H2,1-7H3,(H,14,16);4-8H,1-3H3;11H,4-10H2,1-3H3;5-7H,1-4H3;10H,4-9H2,1-3H3;10H,4-9H2,1-3H3;6-8H,4-5,10H2,1-3H3;5-7,10H2,1-4H3;5-6,9H2,1-4H3. The molecule has 4 unspecified atom stereocenters. The Morgan fingerprint density at radius 2 is 0.768 bits per heavy atom. The lowest BCUT2D eigenvalue weighted by atomic mass is 9.79. The Bertz CT molecular complexity index is 4290. The van der Waals surface area contributed by atoms with Gasteiger partial charge < -0.3 is 51.5 Å². The maximum Gasteiger partial charge on any atom is 0.408 e. The monoisotopic (exact) mass is 1930 g/mol. The Hall–Kier alpha value is -5.28. The molecule has 11 saturated heterocycles. The van der Waals surface area contributed by atoms with Crippen molar-refractivity contribution in [1.29, 1.82) is 0 Å². The first kappa shape index (κ1) is 118. The van der Waals surface area contributed by atoms with Gasteiger partial charge in [-0.25, -0.2) is 14.6 Å². The highest BCUT2D eigenvalue weighted by Gasteiger charge is 2.59. The molecule has 0 radical (unpaired) electrons. The van der Waals surface area contributed by atoms with Gasteiger partial charge in [-0.3, -0.25) is 68.5 Å². The molecule has 2 saturated carbocycles. The van der Waals surface area contributed by atoms with E-state index in [4.69, 9.17) is 40.9 Å². The zero-order valence-electron chi connectivity index (χ0n) is 95.3. The summed E-state index contributed by atoms with van der Waals surface area (Å²) in [6.07, 6.45) is 13.4. The fraction of sp³-hybridized carbons (Fsp3) is 0.855. The number of amides is 2. The van der Waals surface area contributed by atoms with Crippen molar-refractivity contribution in [3.8, 4) is 11.5 Å². The van der Waals surface area contributed by atoms with E-state index in [2.05, 4.69) is 272 Å². The SMILES string of the molecule is CC(C)(C)N1CC(N2CCCC2)C1.CC(C)(C)N1CC(N2CCCCC2)C1.CC(C)(C)N1CC(N2CCOCC2)C1.CC(C)(C)N1CC2C(N)C2C1.CC(C)(C)OC(=O)NC1C2CN(C(C)(C)C)CC21.CC(C)(C)Oc1ccc2nccnc2c1.CC1(CN)CN(C(C)(C)C)C1.CC1(N)CN(C(C)(C)C)C1.CC1(NC(=O)OC(C)(C)C)CN(C(C)(C)C)C1.Cn1ncc2cc(OC(C)(C)C)cnc21. The molecule has 8 N–H and O–H groups in total. The van der Waals surface area contributed by atoms with E-state index in [9.17, 15) is 9.59 Å². The lowest BCUT2D eigenvalue weighted by molar-refractivity contribution is -0.0594. The molecule has 17 rings (SSSR count). The van der Waals surface area contributed by atoms with Gasteiger partial charge in [-0.1, -0.05) is 13.3 Å². The number of pyridine rings is 1. The van der Waals surface area contributed by atoms with Crippen molar-refractivity contribution in [3.63, 3.8) is 0 Å². The van der Waals surface area contributed by atoms with Gasteiger partial charge in [0.05, 0.1) is 42.2 Å². The number of morpholine rings is 1. The minimum Gasteiger partial charge on any atom is -0.488 e. The Labute approximate surface area is 839 Å². The van der Waals surface area contributed by atoms with Gasteiger partial charge in [0.15, 0.2) is 5.65 Å². The van der Waals surface area contributed by atoms with E-state index in [1.54, 1.807) is 29.5 Å². The first-order valence-electron chi connectivity index (χ1n) is 52.8. The normalized spacial score (nSPS) is 24.9. The summed E-state index contributed by atoms with van der Waals surface area (Å²) in [6.45, 7) is 113. The van der Waals surface area contributed by atoms with Crippen LogP contribution in [0.5, 0.6) is 11.5 Å². The van der Waals surface area contributed by atoms with Gasteiger partial charge in [0.25, 0.3) is 0 Å². The van der Waals surface area contributed by atoms with Crippen molar-refractivity contribution >= 4 is 34.3 Å². The Balaban J connectivity index is 0.000000189. The van der Waals surface area contributed by atoms with E-state index in [1.807, 2.05) is 114 Å². The maximum absolute atomic E-state index is 11.7. The predicted molar refractivity (Wildman–Crippen MR) is 572 cm³/mol. The summed E-state index contributed by atoms with van der Waals surface area (Å²) in [7, 11) is 1.87. The quantitative estimate of drug-likeness (QED) is 0.110. The average Bonchev–Trinajstić information content (AvgIpc) is 1.57. The van der Waals surface area contributed by atoms with Crippen LogP contribution in [-0.2, 0) is 21.3 Å². The minimum atomic E-state index is -0.437. The number of nitrogens with two attached hydrogens (primary N) is 3. The molecule has 28 nitrogen and oxygen atoms in total. The van der Waals surface area contributed by atoms with Crippen LogP contribution in [-0.4, -0.2) is 363 Å². The molecule has 2 amide bonds. The van der Waals surface area contributed by atoms with Crippen molar-refractivity contribution in [3.05, 3.63) is 49.1 Å². The summed E-state index contributed by atoms with van der Waals surface area (Å²) in [4.78, 5) is 64.0. The number of ether oxygens (including phenoxy) is 5. The van der Waals surface area contributed by atoms with Crippen molar-refractivity contribution in [1.82, 2.24) is 89.3 Å². The van der Waals surface area contributed by atoms with Crippen LogP contribution < -0.4 is 37.3 Å². The van der Waals surface area contributed by atoms with Crippen molar-refractivity contribution in [2.45, 2.75) is 410 Å². The number of piperidine rings is 3. The van der Waals surface area contributed by atoms with Crippen LogP contribution >= 0.6 is 0 Å². The van der Waals surface area contributed by atoms with Crippen LogP contribution in [0.4, 0.5) is 9.59 Å². The number of likely N-dealkylation sites (tertiary alicyclic amines) is 10. The summed E-state index contributed by atoms with van der Waals surface area (Å²) in [5, 5.41) is 11.1. The number of rotatable bonds is 8. The first-order chi connectivity index (χ1) is 62.9. The zero-order valence-corrected chi connectivity index (χ0v) is 95.3. The summed E-state index contributed by atoms with van der Waals surface area (Å²) in [5.74, 6) is 4.51. The van der Waals surface area contributed by atoms with Crippen molar-refractivity contribution in [2.75, 3.05) is 164 Å². The van der Waals surface area contributed by atoms with Gasteiger partial charge in [0, 0.05) is 241 Å². The lowest BCUT2D eigenvalue weighted by Gasteiger charge is -2.54. The second-order valence-electron chi connectivity index (χ2n) is 55.2. The molecule has 28 heteroatoms. The number of aryl methyl sites for hydroxylation is 1. The lowest BCUT2D eigenvalue weighted by Crippen LogP contribution is -2.72. The second-order valence-corrected chi connectivity index (χ2v) is 55.2. The molecule has 138 heavy (non-hydrogen) atoms. The van der Waals surface area contributed by atoms with Crippen molar-refractivity contribution in [2.24, 2.45) is 53.3 Å². The van der Waals surface area contributed by atoms with Gasteiger partial charge in [0.1, 0.15) is 33.9 Å². The number of nitrogens with one attached hydrogen (secondary N) is 2. The highest BCUT2D eigenvalue weighted by atomic mass is 16.6. The summed E-state index contributed by atoms with van der Waals surface area (Å²) >= 11 is 0. The number of aromatic nitrogens is 5. The van der Waals surface area contributed by atoms with Gasteiger partial charge in [-0.15, -0.1) is 0 Å². The fourth-order valence-corrected chi connectivity index (χ4v) is 19.4. The third-order valence-corrected chi connectivity index (χ3v) is 28.9. The van der Waals surface area contributed by atoms with Crippen LogP contribution in [0.25, 0.3) is 22.1 Å². The molecule has 11 aliphatic heterocycles. The molecule has 0 bridgehead atoms. The molecular formula is C110H205N21O7. The minimum absolute atomic E-state index is 0.0767. The molecule has 3 aromatic heterocycles. The summed E-state index contributed by atoms with van der Waals surface area (Å²) in [5.41, 5.74) is 21.6. The Kier molecular flexibility index (Phi) is 39.5. The number of alkyl carbamates (subject to hydrolysis) is 2. The first-order valence-corrected chi connectivity index (χ1v) is 52.8. The van der Waals surface area contributed by atoms with E-state index in [0.717, 1.165) is 149 Å². The van der Waals surface area contributed by atoms with E-state index < -0.39 is 11.2 Å². The molecule has 2 aliphatic carbocycles. The van der Waals surface area contributed by atoms with Gasteiger partial charge in [0.2, 0.25) is 0 Å². The predicted octanol–water partition coefficient (Wildman–Crippen LogP) is 16.5. The Morgan fingerprint density at radius 1 is 0.413 bits per heavy atom. The molecule has 4 atom stereocenters. The largest absolute Gasteiger partial charge is 0.488 e. The average molecular weight is 1930 g/mol. The molecule has 0 spiro atoms. The third kappa shape index (κ3) is 37.6. The second kappa shape index (κ2) is 46.2. The number of hydrogen-bond donors (Lipinski definition) is 5. The number of benzene rings is 1. The molecule has 4 aromatic rings. The number of carbonyl (C=O) groups is 2. The smallest absolute Gasteiger partial charge is 0.408 e. The molecule has 14 heterocycles. The van der Waals surface area contributed by atoms with Crippen LogP contribution in [0.2, 0.25) is 0 Å². The van der Waals surface area contributed by atoms with E-state index in [1.165, 1.54) is 111 Å². The van der Waals surface area contributed by atoms with E-state index in [-0.39, 0.29) is 45.5 Å². The van der Waals surface area contributed by atoms with Crippen LogP contribution in [0.15, 0.2) is 49.1 Å². The molecule has 1 aromatic carbocycles. The number of hydrogen-bond acceptors (Lipinski definition) is 25. The highest BCUT2D eigenvalue weighted by molar-refractivity contribution is 5.76. The summed E-state index contributed by atoms with van der Waals surface area (Å²) in [6, 6.07) is 11.1. The van der Waals surface area contributed by atoms with Gasteiger partial charge >= 0.3 is 12.2 Å². The third-order valence-electron chi connectivity index (χ3n) is 28.9. The topological polar surface area (TPSA) is 275 Å².